The molecule has 0 bridgehead atoms. The first-order valence-corrected chi connectivity index (χ1v) is 9.57. The van der Waals surface area contributed by atoms with Gasteiger partial charge in [-0.2, -0.15) is 10.2 Å². The molecule has 3 rings (SSSR count). The highest BCUT2D eigenvalue weighted by atomic mass is 16.5. The molecule has 0 saturated heterocycles. The Bertz CT molecular complexity index is 1010. The van der Waals surface area contributed by atoms with Crippen molar-refractivity contribution in [2.45, 2.75) is 26.2 Å². The Morgan fingerprint density at radius 2 is 2.00 bits per heavy atom. The highest BCUT2D eigenvalue weighted by molar-refractivity contribution is 5.81. The zero-order valence-corrected chi connectivity index (χ0v) is 16.3. The third-order valence-corrected chi connectivity index (χ3v) is 4.22. The fourth-order valence-electron chi connectivity index (χ4n) is 2.74. The largest absolute Gasteiger partial charge is 0.508 e. The van der Waals surface area contributed by atoms with Crippen molar-refractivity contribution in [1.82, 2.24) is 10.2 Å². The van der Waals surface area contributed by atoms with Gasteiger partial charge in [-0.05, 0) is 48.4 Å². The number of aromatic hydroxyl groups is 1. The first-order valence-electron chi connectivity index (χ1n) is 9.57. The number of hydrazone groups is 1. The van der Waals surface area contributed by atoms with Gasteiger partial charge in [-0.3, -0.25) is 10.2 Å². The maximum atomic E-state index is 11.7. The van der Waals surface area contributed by atoms with E-state index >= 15 is 0 Å². The molecule has 29 heavy (non-hydrogen) atoms. The summed E-state index contributed by atoms with van der Waals surface area (Å²) in [5, 5.41) is 20.3. The van der Waals surface area contributed by atoms with Crippen molar-refractivity contribution >= 4 is 11.9 Å². The van der Waals surface area contributed by atoms with E-state index in [1.165, 1.54) is 6.07 Å². The lowest BCUT2D eigenvalue weighted by atomic mass is 10.1. The van der Waals surface area contributed by atoms with Crippen molar-refractivity contribution < 1.29 is 9.84 Å². The number of anilines is 1. The number of aromatic nitrogens is 2. The second-order valence-electron chi connectivity index (χ2n) is 6.54. The summed E-state index contributed by atoms with van der Waals surface area (Å²) in [6, 6.07) is 15.6. The Hall–Kier alpha value is -3.61. The van der Waals surface area contributed by atoms with Crippen molar-refractivity contribution in [3.63, 3.8) is 0 Å². The molecule has 7 nitrogen and oxygen atoms in total. The van der Waals surface area contributed by atoms with Gasteiger partial charge in [-0.15, -0.1) is 0 Å². The summed E-state index contributed by atoms with van der Waals surface area (Å²) in [7, 11) is 0. The molecule has 0 saturated carbocycles. The first kappa shape index (κ1) is 20.1. The number of rotatable bonds is 9. The van der Waals surface area contributed by atoms with Crippen LogP contribution in [0.4, 0.5) is 5.69 Å². The van der Waals surface area contributed by atoms with Gasteiger partial charge < -0.3 is 9.84 Å². The van der Waals surface area contributed by atoms with Crippen LogP contribution in [0, 0.1) is 0 Å². The fourth-order valence-corrected chi connectivity index (χ4v) is 2.74. The quantitative estimate of drug-likeness (QED) is 0.288. The molecular formula is C22H24N4O3. The molecule has 0 radical (unpaired) electrons. The summed E-state index contributed by atoms with van der Waals surface area (Å²) in [4.78, 5) is 11.7. The molecule has 3 N–H and O–H groups in total. The van der Waals surface area contributed by atoms with Gasteiger partial charge in [-0.25, -0.2) is 5.10 Å². The molecular weight excluding hydrogens is 368 g/mol. The van der Waals surface area contributed by atoms with Gasteiger partial charge in [0.15, 0.2) is 0 Å². The third-order valence-electron chi connectivity index (χ3n) is 4.22. The average Bonchev–Trinajstić information content (AvgIpc) is 2.72. The fraction of sp³-hybridized carbons (Fsp3) is 0.227. The summed E-state index contributed by atoms with van der Waals surface area (Å²) < 4.78 is 5.73. The van der Waals surface area contributed by atoms with Gasteiger partial charge in [0.05, 0.1) is 18.5 Å². The van der Waals surface area contributed by atoms with E-state index in [1.807, 2.05) is 24.3 Å². The predicted octanol–water partition coefficient (Wildman–Crippen LogP) is 4.16. The summed E-state index contributed by atoms with van der Waals surface area (Å²) >= 11 is 0. The maximum absolute atomic E-state index is 11.7. The summed E-state index contributed by atoms with van der Waals surface area (Å²) in [5.41, 5.74) is 5.10. The summed E-state index contributed by atoms with van der Waals surface area (Å²) in [6.45, 7) is 2.85. The highest BCUT2D eigenvalue weighted by Crippen LogP contribution is 2.26. The van der Waals surface area contributed by atoms with Gasteiger partial charge in [0.25, 0.3) is 5.56 Å². The highest BCUT2D eigenvalue weighted by Gasteiger charge is 2.08. The molecule has 150 valence electrons. The minimum atomic E-state index is -0.334. The number of unbranched alkanes of at least 4 members (excludes halogenated alkanes) is 2. The molecule has 0 unspecified atom stereocenters. The van der Waals surface area contributed by atoms with E-state index in [9.17, 15) is 9.90 Å². The minimum Gasteiger partial charge on any atom is -0.508 e. The average molecular weight is 392 g/mol. The van der Waals surface area contributed by atoms with Gasteiger partial charge in [-0.1, -0.05) is 31.9 Å². The third kappa shape index (κ3) is 5.93. The normalized spacial score (nSPS) is 10.9. The first-order chi connectivity index (χ1) is 14.2. The number of hydrogen-bond acceptors (Lipinski definition) is 6. The number of hydrogen-bond donors (Lipinski definition) is 3. The van der Waals surface area contributed by atoms with Crippen molar-refractivity contribution in [2.24, 2.45) is 5.10 Å². The van der Waals surface area contributed by atoms with E-state index in [4.69, 9.17) is 4.74 Å². The number of nitrogens with one attached hydrogen (secondary N) is 2. The van der Waals surface area contributed by atoms with Gasteiger partial charge in [0.1, 0.15) is 17.2 Å². The van der Waals surface area contributed by atoms with Crippen LogP contribution in [0.25, 0.3) is 11.3 Å². The second-order valence-corrected chi connectivity index (χ2v) is 6.54. The molecule has 0 fully saturated rings. The number of benzene rings is 2. The molecule has 1 heterocycles. The molecule has 2 aromatic carbocycles. The van der Waals surface area contributed by atoms with E-state index < -0.39 is 0 Å². The topological polar surface area (TPSA) is 99.6 Å². The number of H-pyrrole nitrogens is 1. The number of nitrogens with zero attached hydrogens (tertiary/aromatic N) is 2. The maximum Gasteiger partial charge on any atom is 0.266 e. The van der Waals surface area contributed by atoms with Gasteiger partial charge >= 0.3 is 0 Å². The number of aromatic amines is 1. The molecule has 0 aliphatic heterocycles. The van der Waals surface area contributed by atoms with Crippen molar-refractivity contribution in [3.8, 4) is 22.8 Å². The molecule has 0 atom stereocenters. The molecule has 0 amide bonds. The monoisotopic (exact) mass is 392 g/mol. The molecule has 0 aliphatic carbocycles. The van der Waals surface area contributed by atoms with E-state index in [-0.39, 0.29) is 11.3 Å². The Labute approximate surface area is 169 Å². The lowest BCUT2D eigenvalue weighted by Gasteiger charge is -2.09. The number of phenolic OH excluding ortho intramolecular Hbond substituents is 1. The van der Waals surface area contributed by atoms with Crippen molar-refractivity contribution in [2.75, 3.05) is 12.0 Å². The van der Waals surface area contributed by atoms with Crippen LogP contribution in [0.1, 0.15) is 31.7 Å². The molecule has 1 aromatic heterocycles. The van der Waals surface area contributed by atoms with Crippen molar-refractivity contribution in [1.29, 1.82) is 0 Å². The van der Waals surface area contributed by atoms with E-state index in [1.54, 1.807) is 30.5 Å². The van der Waals surface area contributed by atoms with Crippen LogP contribution >= 0.6 is 0 Å². The Kier molecular flexibility index (Phi) is 7.00. The van der Waals surface area contributed by atoms with Crippen LogP contribution < -0.4 is 15.7 Å². The zero-order valence-electron chi connectivity index (χ0n) is 16.3. The standard InChI is InChI=1S/C22H24N4O3/c1-2-3-4-12-29-19-10-8-17(9-11-19)22-20(14-21(28)25-26-22)24-23-15-16-6-5-7-18(27)13-16/h5-11,13-15,27H,2-4,12H2,1H3,(H2,24,25,28)/b23-15-. The number of phenols is 1. The smallest absolute Gasteiger partial charge is 0.266 e. The van der Waals surface area contributed by atoms with Crippen LogP contribution in [0.2, 0.25) is 0 Å². The van der Waals surface area contributed by atoms with Crippen LogP contribution in [-0.2, 0) is 0 Å². The predicted molar refractivity (Wildman–Crippen MR) is 115 cm³/mol. The van der Waals surface area contributed by atoms with Crippen LogP contribution in [-0.4, -0.2) is 28.1 Å². The van der Waals surface area contributed by atoms with E-state index in [0.717, 1.165) is 36.1 Å². The SMILES string of the molecule is CCCCCOc1ccc(-c2n[nH]c(=O)cc2N/N=C\c2cccc(O)c2)cc1. The Morgan fingerprint density at radius 3 is 2.76 bits per heavy atom. The lowest BCUT2D eigenvalue weighted by molar-refractivity contribution is 0.306. The van der Waals surface area contributed by atoms with E-state index in [2.05, 4.69) is 27.6 Å². The molecule has 7 heteroatoms. The lowest BCUT2D eigenvalue weighted by Crippen LogP contribution is -2.10. The van der Waals surface area contributed by atoms with Crippen LogP contribution in [0.5, 0.6) is 11.5 Å². The van der Waals surface area contributed by atoms with Crippen LogP contribution in [0.3, 0.4) is 0 Å². The second kappa shape index (κ2) is 10.1. The minimum absolute atomic E-state index is 0.157. The van der Waals surface area contributed by atoms with Gasteiger partial charge in [0, 0.05) is 11.6 Å². The van der Waals surface area contributed by atoms with Crippen LogP contribution in [0.15, 0.2) is 64.5 Å². The van der Waals surface area contributed by atoms with Gasteiger partial charge in [0.2, 0.25) is 0 Å². The molecule has 3 aromatic rings. The summed E-state index contributed by atoms with van der Waals surface area (Å²) in [5.74, 6) is 0.954. The molecule has 0 aliphatic rings. The van der Waals surface area contributed by atoms with E-state index in [0.29, 0.717) is 18.0 Å². The Balaban J connectivity index is 1.73. The summed E-state index contributed by atoms with van der Waals surface area (Å²) in [6.07, 6.45) is 4.89. The zero-order chi connectivity index (χ0) is 20.5. The molecule has 0 spiro atoms. The van der Waals surface area contributed by atoms with Crippen molar-refractivity contribution in [3.05, 3.63) is 70.5 Å². The number of ether oxygens (including phenoxy) is 1. The Morgan fingerprint density at radius 1 is 1.17 bits per heavy atom.